The summed E-state index contributed by atoms with van der Waals surface area (Å²) in [6.07, 6.45) is 4.93. The predicted octanol–water partition coefficient (Wildman–Crippen LogP) is 2.88. The molecule has 1 saturated heterocycles. The van der Waals surface area contributed by atoms with Gasteiger partial charge < -0.3 is 9.80 Å². The van der Waals surface area contributed by atoms with E-state index in [-0.39, 0.29) is 5.92 Å². The van der Waals surface area contributed by atoms with Gasteiger partial charge in [-0.05, 0) is 45.2 Å². The average molecular weight is 390 g/mol. The van der Waals surface area contributed by atoms with Crippen molar-refractivity contribution in [2.24, 2.45) is 5.92 Å². The average Bonchev–Trinajstić information content (AvgIpc) is 3.52. The number of hydrogen-bond donors (Lipinski definition) is 0. The number of carbonyl (C=O) groups is 1. The Kier molecular flexibility index (Phi) is 4.45. The van der Waals surface area contributed by atoms with Gasteiger partial charge in [0.15, 0.2) is 5.65 Å². The van der Waals surface area contributed by atoms with Crippen LogP contribution in [0.5, 0.6) is 0 Å². The van der Waals surface area contributed by atoms with Crippen LogP contribution in [0.2, 0.25) is 0 Å². The summed E-state index contributed by atoms with van der Waals surface area (Å²) in [5.74, 6) is 2.27. The third-order valence-corrected chi connectivity index (χ3v) is 5.83. The van der Waals surface area contributed by atoms with Crippen molar-refractivity contribution >= 4 is 22.8 Å². The number of benzene rings is 1. The Morgan fingerprint density at radius 3 is 2.55 bits per heavy atom. The molecule has 5 rings (SSSR count). The predicted molar refractivity (Wildman–Crippen MR) is 112 cm³/mol. The highest BCUT2D eigenvalue weighted by Gasteiger charge is 2.34. The summed E-state index contributed by atoms with van der Waals surface area (Å²) >= 11 is 0. The van der Waals surface area contributed by atoms with Gasteiger partial charge in [0.25, 0.3) is 0 Å². The van der Waals surface area contributed by atoms with Gasteiger partial charge in [-0.1, -0.05) is 17.7 Å². The molecule has 0 atom stereocenters. The summed E-state index contributed by atoms with van der Waals surface area (Å²) in [6, 6.07) is 8.29. The van der Waals surface area contributed by atoms with Gasteiger partial charge >= 0.3 is 0 Å². The summed E-state index contributed by atoms with van der Waals surface area (Å²) in [4.78, 5) is 26.3. The Hall–Kier alpha value is -2.96. The highest BCUT2D eigenvalue weighted by atomic mass is 16.2. The zero-order chi connectivity index (χ0) is 20.0. The highest BCUT2D eigenvalue weighted by molar-refractivity contribution is 5.88. The topological polar surface area (TPSA) is 67.2 Å². The molecular formula is C22H26N6O. The van der Waals surface area contributed by atoms with E-state index < -0.39 is 0 Å². The minimum absolute atomic E-state index is 0.280. The van der Waals surface area contributed by atoms with E-state index in [9.17, 15) is 4.79 Å². The number of aromatic nitrogens is 4. The van der Waals surface area contributed by atoms with Crippen LogP contribution >= 0.6 is 0 Å². The van der Waals surface area contributed by atoms with Crippen LogP contribution in [0.4, 0.5) is 5.82 Å². The zero-order valence-corrected chi connectivity index (χ0v) is 17.0. The summed E-state index contributed by atoms with van der Waals surface area (Å²) in [5, 5.41) is 5.57. The minimum atomic E-state index is 0.280. The van der Waals surface area contributed by atoms with E-state index in [1.807, 2.05) is 22.7 Å². The van der Waals surface area contributed by atoms with Gasteiger partial charge in [-0.15, -0.1) is 0 Å². The quantitative estimate of drug-likeness (QED) is 0.688. The number of aryl methyl sites for hydroxylation is 2. The zero-order valence-electron chi connectivity index (χ0n) is 17.0. The Labute approximate surface area is 170 Å². The normalized spacial score (nSPS) is 17.6. The van der Waals surface area contributed by atoms with Crippen molar-refractivity contribution < 1.29 is 4.79 Å². The summed E-state index contributed by atoms with van der Waals surface area (Å²) in [7, 11) is 0. The van der Waals surface area contributed by atoms with Gasteiger partial charge in [0.05, 0.1) is 17.3 Å². The number of fused-ring (bicyclic) bond motifs is 1. The van der Waals surface area contributed by atoms with E-state index in [0.29, 0.717) is 5.91 Å². The molecule has 29 heavy (non-hydrogen) atoms. The molecule has 3 heterocycles. The molecule has 0 bridgehead atoms. The van der Waals surface area contributed by atoms with Crippen molar-refractivity contribution in [1.82, 2.24) is 24.6 Å². The Balaban J connectivity index is 1.47. The van der Waals surface area contributed by atoms with E-state index in [4.69, 9.17) is 4.98 Å². The Morgan fingerprint density at radius 1 is 1.00 bits per heavy atom. The molecule has 0 unspecified atom stereocenters. The molecule has 3 aromatic rings. The molecular weight excluding hydrogens is 364 g/mol. The lowest BCUT2D eigenvalue weighted by Gasteiger charge is -2.23. The van der Waals surface area contributed by atoms with Crippen molar-refractivity contribution in [3.05, 3.63) is 41.9 Å². The molecule has 1 aliphatic heterocycles. The van der Waals surface area contributed by atoms with Gasteiger partial charge in [-0.25, -0.2) is 14.6 Å². The van der Waals surface area contributed by atoms with Crippen LogP contribution in [-0.4, -0.2) is 56.7 Å². The fourth-order valence-corrected chi connectivity index (χ4v) is 4.05. The number of carbonyl (C=O) groups excluding carboxylic acids is 1. The van der Waals surface area contributed by atoms with E-state index in [2.05, 4.69) is 46.2 Å². The Morgan fingerprint density at radius 2 is 1.79 bits per heavy atom. The largest absolute Gasteiger partial charge is 0.354 e. The smallest absolute Gasteiger partial charge is 0.225 e. The van der Waals surface area contributed by atoms with Crippen molar-refractivity contribution in [3.8, 4) is 5.69 Å². The second kappa shape index (κ2) is 7.13. The minimum Gasteiger partial charge on any atom is -0.354 e. The van der Waals surface area contributed by atoms with Crippen LogP contribution in [0.25, 0.3) is 16.7 Å². The van der Waals surface area contributed by atoms with E-state index in [0.717, 1.165) is 73.8 Å². The van der Waals surface area contributed by atoms with Gasteiger partial charge in [-0.3, -0.25) is 4.79 Å². The lowest BCUT2D eigenvalue weighted by atomic mass is 10.2. The maximum absolute atomic E-state index is 12.5. The standard InChI is InChI=1S/C22H26N6O/c1-15-4-8-18(9-5-15)28-21-19(14-23-28)20(24-16(2)25-21)26-10-3-11-27(13-12-26)22(29)17-6-7-17/h4-5,8-9,14,17H,3,6-7,10-13H2,1-2H3. The maximum atomic E-state index is 12.5. The van der Waals surface area contributed by atoms with Gasteiger partial charge in [0, 0.05) is 32.1 Å². The van der Waals surface area contributed by atoms with E-state index in [1.165, 1.54) is 5.56 Å². The van der Waals surface area contributed by atoms with Crippen molar-refractivity contribution in [2.45, 2.75) is 33.1 Å². The molecule has 7 heteroatoms. The monoisotopic (exact) mass is 390 g/mol. The van der Waals surface area contributed by atoms with Crippen molar-refractivity contribution in [2.75, 3.05) is 31.1 Å². The molecule has 1 aromatic carbocycles. The van der Waals surface area contributed by atoms with Crippen LogP contribution in [-0.2, 0) is 4.79 Å². The fourth-order valence-electron chi connectivity index (χ4n) is 4.05. The third-order valence-electron chi connectivity index (χ3n) is 5.83. The van der Waals surface area contributed by atoms with Gasteiger partial charge in [-0.2, -0.15) is 5.10 Å². The van der Waals surface area contributed by atoms with Crippen LogP contribution in [0.3, 0.4) is 0 Å². The molecule has 2 aromatic heterocycles. The first kappa shape index (κ1) is 18.1. The first-order valence-corrected chi connectivity index (χ1v) is 10.4. The molecule has 0 N–H and O–H groups in total. The summed E-state index contributed by atoms with van der Waals surface area (Å²) in [5.41, 5.74) is 3.03. The Bertz CT molecular complexity index is 1050. The van der Waals surface area contributed by atoms with Gasteiger partial charge in [0.2, 0.25) is 5.91 Å². The molecule has 7 nitrogen and oxygen atoms in total. The highest BCUT2D eigenvalue weighted by Crippen LogP contribution is 2.32. The number of amides is 1. The SMILES string of the molecule is Cc1ccc(-n2ncc3c(N4CCCN(C(=O)C5CC5)CC4)nc(C)nc32)cc1. The number of hydrogen-bond acceptors (Lipinski definition) is 5. The lowest BCUT2D eigenvalue weighted by Crippen LogP contribution is -2.36. The van der Waals surface area contributed by atoms with Crippen LogP contribution in [0.1, 0.15) is 30.7 Å². The second-order valence-corrected chi connectivity index (χ2v) is 8.16. The summed E-state index contributed by atoms with van der Waals surface area (Å²) in [6.45, 7) is 7.27. The molecule has 1 saturated carbocycles. The molecule has 1 amide bonds. The first-order valence-electron chi connectivity index (χ1n) is 10.4. The first-order chi connectivity index (χ1) is 14.1. The van der Waals surface area contributed by atoms with E-state index >= 15 is 0 Å². The van der Waals surface area contributed by atoms with Crippen LogP contribution in [0, 0.1) is 19.8 Å². The second-order valence-electron chi connectivity index (χ2n) is 8.16. The molecule has 150 valence electrons. The molecule has 0 spiro atoms. The molecule has 2 aliphatic rings. The van der Waals surface area contributed by atoms with Crippen LogP contribution in [0.15, 0.2) is 30.5 Å². The van der Waals surface area contributed by atoms with Gasteiger partial charge in [0.1, 0.15) is 11.6 Å². The molecule has 1 aliphatic carbocycles. The van der Waals surface area contributed by atoms with Crippen LogP contribution < -0.4 is 4.90 Å². The number of anilines is 1. The summed E-state index contributed by atoms with van der Waals surface area (Å²) < 4.78 is 1.88. The number of rotatable bonds is 3. The molecule has 0 radical (unpaired) electrons. The van der Waals surface area contributed by atoms with Crippen molar-refractivity contribution in [3.63, 3.8) is 0 Å². The van der Waals surface area contributed by atoms with E-state index in [1.54, 1.807) is 0 Å². The maximum Gasteiger partial charge on any atom is 0.225 e. The van der Waals surface area contributed by atoms with Crippen molar-refractivity contribution in [1.29, 1.82) is 0 Å². The fraction of sp³-hybridized carbons (Fsp3) is 0.455. The number of nitrogens with zero attached hydrogens (tertiary/aromatic N) is 6. The third kappa shape index (κ3) is 3.45. The molecule has 2 fully saturated rings. The lowest BCUT2D eigenvalue weighted by molar-refractivity contribution is -0.132.